The second-order valence-electron chi connectivity index (χ2n) is 10.3. The molecule has 0 aliphatic carbocycles. The van der Waals surface area contributed by atoms with Crippen molar-refractivity contribution in [2.75, 3.05) is 7.11 Å². The minimum absolute atomic E-state index is 0.137. The third-order valence-electron chi connectivity index (χ3n) is 7.03. The summed E-state index contributed by atoms with van der Waals surface area (Å²) in [5.74, 6) is -1.46. The lowest BCUT2D eigenvalue weighted by Crippen LogP contribution is -2.57. The molecular formula is C33H40N4O6. The predicted molar refractivity (Wildman–Crippen MR) is 162 cm³/mol. The van der Waals surface area contributed by atoms with Gasteiger partial charge in [-0.15, -0.1) is 0 Å². The maximum Gasteiger partial charge on any atom is 0.266 e. The van der Waals surface area contributed by atoms with E-state index in [1.54, 1.807) is 12.6 Å². The summed E-state index contributed by atoms with van der Waals surface area (Å²) in [5.41, 5.74) is 4.43. The van der Waals surface area contributed by atoms with Crippen LogP contribution in [0.1, 0.15) is 42.9 Å². The minimum atomic E-state index is -1.08. The van der Waals surface area contributed by atoms with E-state index in [0.29, 0.717) is 25.7 Å². The van der Waals surface area contributed by atoms with Crippen LogP contribution in [0, 0.1) is 0 Å². The molecule has 0 radical (unpaired) electrons. The van der Waals surface area contributed by atoms with Crippen LogP contribution in [0.4, 0.5) is 0 Å². The van der Waals surface area contributed by atoms with Gasteiger partial charge in [-0.1, -0.05) is 72.8 Å². The van der Waals surface area contributed by atoms with E-state index >= 15 is 0 Å². The van der Waals surface area contributed by atoms with Crippen LogP contribution in [0.5, 0.6) is 5.75 Å². The fraction of sp³-hybridized carbons (Fsp3) is 0.333. The Morgan fingerprint density at radius 3 is 1.74 bits per heavy atom. The van der Waals surface area contributed by atoms with E-state index in [1.165, 1.54) is 6.92 Å². The van der Waals surface area contributed by atoms with E-state index in [2.05, 4.69) is 16.0 Å². The smallest absolute Gasteiger partial charge is 0.266 e. The number of benzene rings is 3. The molecule has 3 aromatic rings. The molecule has 228 valence electrons. The van der Waals surface area contributed by atoms with Crippen LogP contribution in [0.3, 0.4) is 0 Å². The summed E-state index contributed by atoms with van der Waals surface area (Å²) in [6, 6.07) is 23.3. The van der Waals surface area contributed by atoms with Crippen LogP contribution < -0.4 is 26.2 Å². The van der Waals surface area contributed by atoms with Crippen molar-refractivity contribution >= 4 is 23.6 Å². The van der Waals surface area contributed by atoms with E-state index in [9.17, 15) is 24.4 Å². The van der Waals surface area contributed by atoms with Gasteiger partial charge >= 0.3 is 0 Å². The maximum absolute atomic E-state index is 13.5. The number of methoxy groups -OCH3 is 1. The zero-order valence-electron chi connectivity index (χ0n) is 24.5. The fourth-order valence-electron chi connectivity index (χ4n) is 4.72. The number of nitrogens with one attached hydrogen (secondary N) is 4. The van der Waals surface area contributed by atoms with Gasteiger partial charge in [0.1, 0.15) is 23.9 Å². The maximum atomic E-state index is 13.5. The van der Waals surface area contributed by atoms with Gasteiger partial charge in [-0.25, -0.2) is 5.48 Å². The molecule has 0 heterocycles. The average Bonchev–Trinajstić information content (AvgIpc) is 3.02. The summed E-state index contributed by atoms with van der Waals surface area (Å²) in [4.78, 5) is 51.4. The summed E-state index contributed by atoms with van der Waals surface area (Å²) in [5, 5.41) is 17.5. The van der Waals surface area contributed by atoms with Crippen molar-refractivity contribution in [2.24, 2.45) is 0 Å². The Morgan fingerprint density at radius 2 is 1.19 bits per heavy atom. The first kappa shape index (κ1) is 32.8. The summed E-state index contributed by atoms with van der Waals surface area (Å²) < 4.78 is 5.20. The lowest BCUT2D eigenvalue weighted by atomic mass is 10.0. The van der Waals surface area contributed by atoms with E-state index in [-0.39, 0.29) is 18.7 Å². The number of hydroxylamine groups is 1. The monoisotopic (exact) mass is 588 g/mol. The van der Waals surface area contributed by atoms with Crippen LogP contribution in [0.2, 0.25) is 0 Å². The van der Waals surface area contributed by atoms with Crippen LogP contribution in [0.15, 0.2) is 84.9 Å². The molecular weight excluding hydrogens is 548 g/mol. The number of hydrogen-bond donors (Lipinski definition) is 5. The number of carbonyl (C=O) groups excluding carboxylic acids is 4. The van der Waals surface area contributed by atoms with Gasteiger partial charge in [0.15, 0.2) is 0 Å². The molecule has 0 saturated carbocycles. The highest BCUT2D eigenvalue weighted by Crippen LogP contribution is 2.14. The quantitative estimate of drug-likeness (QED) is 0.129. The molecule has 0 spiro atoms. The summed E-state index contributed by atoms with van der Waals surface area (Å²) in [7, 11) is 1.60. The molecule has 5 N–H and O–H groups in total. The Balaban J connectivity index is 1.72. The van der Waals surface area contributed by atoms with Gasteiger partial charge < -0.3 is 20.7 Å². The van der Waals surface area contributed by atoms with E-state index in [4.69, 9.17) is 4.74 Å². The number of carbonyl (C=O) groups is 4. The van der Waals surface area contributed by atoms with Crippen molar-refractivity contribution < 1.29 is 29.1 Å². The second-order valence-corrected chi connectivity index (χ2v) is 10.3. The van der Waals surface area contributed by atoms with Crippen LogP contribution >= 0.6 is 0 Å². The van der Waals surface area contributed by atoms with E-state index in [0.717, 1.165) is 22.4 Å². The lowest BCUT2D eigenvalue weighted by molar-refractivity contribution is -0.136. The zero-order valence-corrected chi connectivity index (χ0v) is 24.5. The number of aryl methyl sites for hydroxylation is 2. The van der Waals surface area contributed by atoms with E-state index < -0.39 is 35.8 Å². The highest BCUT2D eigenvalue weighted by Gasteiger charge is 2.29. The third-order valence-corrected chi connectivity index (χ3v) is 7.03. The fourth-order valence-corrected chi connectivity index (χ4v) is 4.72. The van der Waals surface area contributed by atoms with Crippen LogP contribution in [-0.2, 0) is 38.4 Å². The first-order valence-electron chi connectivity index (χ1n) is 14.3. The highest BCUT2D eigenvalue weighted by molar-refractivity contribution is 5.94. The molecule has 0 aliphatic heterocycles. The van der Waals surface area contributed by atoms with Crippen molar-refractivity contribution in [2.45, 2.75) is 63.6 Å². The first-order valence-corrected chi connectivity index (χ1v) is 14.3. The molecule has 0 aliphatic rings. The molecule has 3 rings (SSSR count). The van der Waals surface area contributed by atoms with Gasteiger partial charge in [0, 0.05) is 13.3 Å². The number of amides is 4. The Bertz CT molecular complexity index is 1320. The molecule has 3 atom stereocenters. The number of hydrogen-bond acceptors (Lipinski definition) is 6. The molecule has 0 saturated heterocycles. The molecule has 0 bridgehead atoms. The Morgan fingerprint density at radius 1 is 0.651 bits per heavy atom. The summed E-state index contributed by atoms with van der Waals surface area (Å²) in [6.07, 6.45) is 2.52. The van der Waals surface area contributed by atoms with Gasteiger partial charge in [-0.3, -0.25) is 24.4 Å². The molecule has 10 nitrogen and oxygen atoms in total. The Kier molecular flexibility index (Phi) is 13.2. The summed E-state index contributed by atoms with van der Waals surface area (Å²) in [6.45, 7) is 1.34. The van der Waals surface area contributed by atoms with Crippen molar-refractivity contribution in [3.05, 3.63) is 102 Å². The standard InChI is InChI=1S/C33H40N4O6/c1-23(38)34-28(15-9-14-25-16-19-27(43-2)20-17-25)31(39)35-29(21-18-24-10-5-3-6-11-24)32(40)36-30(33(41)37-42)22-26-12-7-4-8-13-26/h3-8,10-13,16-17,19-20,28-30,42H,9,14-15,18,21-22H2,1-2H3,(H,34,38)(H,35,39)(H,36,40)(H,37,41)/t28-,29+,30+/m0/s1. The highest BCUT2D eigenvalue weighted by atomic mass is 16.5. The van der Waals surface area contributed by atoms with Gasteiger partial charge in [-0.05, 0) is 60.9 Å². The minimum Gasteiger partial charge on any atom is -0.497 e. The van der Waals surface area contributed by atoms with E-state index in [1.807, 2.05) is 84.9 Å². The van der Waals surface area contributed by atoms with Gasteiger partial charge in [0.25, 0.3) is 5.91 Å². The molecule has 10 heteroatoms. The summed E-state index contributed by atoms with van der Waals surface area (Å²) >= 11 is 0. The third kappa shape index (κ3) is 11.2. The first-order chi connectivity index (χ1) is 20.8. The van der Waals surface area contributed by atoms with Gasteiger partial charge in [0.05, 0.1) is 7.11 Å². The van der Waals surface area contributed by atoms with Crippen LogP contribution in [-0.4, -0.2) is 54.1 Å². The van der Waals surface area contributed by atoms with Gasteiger partial charge in [0.2, 0.25) is 17.7 Å². The molecule has 0 unspecified atom stereocenters. The Hall–Kier alpha value is -4.70. The largest absolute Gasteiger partial charge is 0.497 e. The normalized spacial score (nSPS) is 12.7. The van der Waals surface area contributed by atoms with Gasteiger partial charge in [-0.2, -0.15) is 0 Å². The zero-order chi connectivity index (χ0) is 31.0. The van der Waals surface area contributed by atoms with Crippen LogP contribution in [0.25, 0.3) is 0 Å². The number of ether oxygens (including phenoxy) is 1. The molecule has 3 aromatic carbocycles. The Labute approximate surface area is 252 Å². The van der Waals surface area contributed by atoms with Crippen molar-refractivity contribution in [1.82, 2.24) is 21.4 Å². The molecule has 0 fully saturated rings. The molecule has 4 amide bonds. The van der Waals surface area contributed by atoms with Crippen molar-refractivity contribution in [1.29, 1.82) is 0 Å². The predicted octanol–water partition coefficient (Wildman–Crippen LogP) is 2.87. The van der Waals surface area contributed by atoms with Crippen molar-refractivity contribution in [3.8, 4) is 5.75 Å². The average molecular weight is 589 g/mol. The topological polar surface area (TPSA) is 146 Å². The molecule has 0 aromatic heterocycles. The number of rotatable bonds is 16. The SMILES string of the molecule is COc1ccc(CCC[C@H](NC(C)=O)C(=O)N[C@H](CCc2ccccc2)C(=O)N[C@H](Cc2ccccc2)C(=O)NO)cc1. The lowest BCUT2D eigenvalue weighted by Gasteiger charge is -2.25. The second kappa shape index (κ2) is 17.3. The van der Waals surface area contributed by atoms with Crippen molar-refractivity contribution in [3.63, 3.8) is 0 Å². The molecule has 43 heavy (non-hydrogen) atoms.